The molecular weight excluding hydrogens is 350 g/mol. The van der Waals surface area contributed by atoms with E-state index in [1.165, 1.54) is 16.7 Å². The number of hydrogen-bond donors (Lipinski definition) is 1. The molecule has 1 aliphatic heterocycles. The number of hydrogen-bond acceptors (Lipinski definition) is 2. The summed E-state index contributed by atoms with van der Waals surface area (Å²) in [6.07, 6.45) is 1.24. The molecule has 3 rings (SSSR count). The lowest BCUT2D eigenvalue weighted by Crippen LogP contribution is -2.18. The molecule has 2 unspecified atom stereocenters. The summed E-state index contributed by atoms with van der Waals surface area (Å²) in [5.74, 6) is 1.01. The molecule has 0 bridgehead atoms. The first-order valence-corrected chi connectivity index (χ1v) is 8.17. The third kappa shape index (κ3) is 2.96. The normalized spacial score (nSPS) is 18.2. The highest BCUT2D eigenvalue weighted by atomic mass is 79.9. The molecule has 110 valence electrons. The van der Waals surface area contributed by atoms with Crippen LogP contribution in [0.5, 0.6) is 5.75 Å². The van der Waals surface area contributed by atoms with Crippen molar-refractivity contribution in [3.05, 3.63) is 62.6 Å². The van der Waals surface area contributed by atoms with Crippen LogP contribution < -0.4 is 10.1 Å². The van der Waals surface area contributed by atoms with E-state index in [4.69, 9.17) is 16.3 Å². The summed E-state index contributed by atoms with van der Waals surface area (Å²) in [5, 5.41) is 4.12. The minimum atomic E-state index is 0.123. The lowest BCUT2D eigenvalue weighted by molar-refractivity contribution is 0.254. The zero-order valence-electron chi connectivity index (χ0n) is 12.0. The molecule has 2 atom stereocenters. The van der Waals surface area contributed by atoms with Gasteiger partial charge in [0, 0.05) is 15.9 Å². The largest absolute Gasteiger partial charge is 0.490 e. The SMILES string of the molecule is CNC(c1ccc2c(c1)CC(C)O2)c1ccc(Cl)cc1Br. The third-order valence-corrected chi connectivity index (χ3v) is 4.74. The van der Waals surface area contributed by atoms with Crippen molar-refractivity contribution in [2.75, 3.05) is 7.05 Å². The molecular formula is C17H17BrClNO. The van der Waals surface area contributed by atoms with Crippen LogP contribution in [0.3, 0.4) is 0 Å². The van der Waals surface area contributed by atoms with Gasteiger partial charge in [-0.05, 0) is 48.9 Å². The first kappa shape index (κ1) is 14.9. The molecule has 4 heteroatoms. The molecule has 0 amide bonds. The van der Waals surface area contributed by atoms with Crippen LogP contribution >= 0.6 is 27.5 Å². The number of fused-ring (bicyclic) bond motifs is 1. The van der Waals surface area contributed by atoms with Gasteiger partial charge in [-0.15, -0.1) is 0 Å². The predicted molar refractivity (Wildman–Crippen MR) is 90.3 cm³/mol. The Balaban J connectivity index is 1.99. The van der Waals surface area contributed by atoms with E-state index in [0.29, 0.717) is 0 Å². The highest BCUT2D eigenvalue weighted by molar-refractivity contribution is 9.10. The third-order valence-electron chi connectivity index (χ3n) is 3.82. The molecule has 0 radical (unpaired) electrons. The predicted octanol–water partition coefficient (Wildman–Crippen LogP) is 4.73. The Morgan fingerprint density at radius 2 is 2.10 bits per heavy atom. The van der Waals surface area contributed by atoms with Gasteiger partial charge in [0.2, 0.25) is 0 Å². The molecule has 0 fully saturated rings. The fourth-order valence-corrected chi connectivity index (χ4v) is 3.77. The summed E-state index contributed by atoms with van der Waals surface area (Å²) in [6, 6.07) is 12.5. The van der Waals surface area contributed by atoms with E-state index in [0.717, 1.165) is 21.7 Å². The van der Waals surface area contributed by atoms with Crippen LogP contribution in [0.4, 0.5) is 0 Å². The lowest BCUT2D eigenvalue weighted by Gasteiger charge is -2.19. The molecule has 2 aromatic rings. The van der Waals surface area contributed by atoms with Crippen molar-refractivity contribution < 1.29 is 4.74 Å². The fourth-order valence-electron chi connectivity index (χ4n) is 2.86. The van der Waals surface area contributed by atoms with Gasteiger partial charge in [-0.25, -0.2) is 0 Å². The number of benzene rings is 2. The minimum absolute atomic E-state index is 0.123. The summed E-state index contributed by atoms with van der Waals surface area (Å²) < 4.78 is 6.79. The molecule has 0 aromatic heterocycles. The van der Waals surface area contributed by atoms with E-state index in [2.05, 4.69) is 52.4 Å². The fraction of sp³-hybridized carbons (Fsp3) is 0.294. The van der Waals surface area contributed by atoms with E-state index in [9.17, 15) is 0 Å². The molecule has 0 aliphatic carbocycles. The van der Waals surface area contributed by atoms with Gasteiger partial charge >= 0.3 is 0 Å². The van der Waals surface area contributed by atoms with Crippen molar-refractivity contribution in [3.63, 3.8) is 0 Å². The van der Waals surface area contributed by atoms with Gasteiger partial charge in [-0.2, -0.15) is 0 Å². The molecule has 1 aliphatic rings. The quantitative estimate of drug-likeness (QED) is 0.847. The summed E-state index contributed by atoms with van der Waals surface area (Å²) in [5.41, 5.74) is 3.69. The number of rotatable bonds is 3. The van der Waals surface area contributed by atoms with Crippen molar-refractivity contribution in [1.29, 1.82) is 0 Å². The minimum Gasteiger partial charge on any atom is -0.490 e. The summed E-state index contributed by atoms with van der Waals surface area (Å²) in [6.45, 7) is 2.10. The molecule has 1 heterocycles. The Bertz CT molecular complexity index is 674. The van der Waals surface area contributed by atoms with Crippen LogP contribution in [0.25, 0.3) is 0 Å². The lowest BCUT2D eigenvalue weighted by atomic mass is 9.96. The molecule has 21 heavy (non-hydrogen) atoms. The van der Waals surface area contributed by atoms with E-state index in [1.54, 1.807) is 0 Å². The van der Waals surface area contributed by atoms with Gasteiger partial charge in [0.15, 0.2) is 0 Å². The van der Waals surface area contributed by atoms with Crippen LogP contribution in [-0.2, 0) is 6.42 Å². The van der Waals surface area contributed by atoms with Gasteiger partial charge in [0.05, 0.1) is 6.04 Å². The van der Waals surface area contributed by atoms with Gasteiger partial charge in [0.1, 0.15) is 11.9 Å². The average molecular weight is 367 g/mol. The maximum Gasteiger partial charge on any atom is 0.123 e. The first-order chi connectivity index (χ1) is 10.1. The van der Waals surface area contributed by atoms with Crippen LogP contribution in [0.15, 0.2) is 40.9 Å². The molecule has 0 spiro atoms. The first-order valence-electron chi connectivity index (χ1n) is 7.00. The van der Waals surface area contributed by atoms with E-state index >= 15 is 0 Å². The van der Waals surface area contributed by atoms with Crippen molar-refractivity contribution in [1.82, 2.24) is 5.32 Å². The van der Waals surface area contributed by atoms with Crippen LogP contribution in [0.2, 0.25) is 5.02 Å². The van der Waals surface area contributed by atoms with Crippen LogP contribution in [-0.4, -0.2) is 13.2 Å². The number of ether oxygens (including phenoxy) is 1. The van der Waals surface area contributed by atoms with Crippen molar-refractivity contribution >= 4 is 27.5 Å². The maximum absolute atomic E-state index is 6.04. The number of nitrogens with one attached hydrogen (secondary N) is 1. The smallest absolute Gasteiger partial charge is 0.123 e. The van der Waals surface area contributed by atoms with Crippen molar-refractivity contribution in [2.24, 2.45) is 0 Å². The zero-order valence-corrected chi connectivity index (χ0v) is 14.3. The second-order valence-corrected chi connectivity index (χ2v) is 6.68. The summed E-state index contributed by atoms with van der Waals surface area (Å²) in [7, 11) is 1.97. The second kappa shape index (κ2) is 5.99. The van der Waals surface area contributed by atoms with Gasteiger partial charge in [0.25, 0.3) is 0 Å². The molecule has 0 saturated heterocycles. The van der Waals surface area contributed by atoms with E-state index in [-0.39, 0.29) is 12.1 Å². The Hall–Kier alpha value is -1.03. The monoisotopic (exact) mass is 365 g/mol. The van der Waals surface area contributed by atoms with Gasteiger partial charge < -0.3 is 10.1 Å². The summed E-state index contributed by atoms with van der Waals surface area (Å²) in [4.78, 5) is 0. The Labute approximate surface area is 138 Å². The topological polar surface area (TPSA) is 21.3 Å². The Kier molecular flexibility index (Phi) is 4.25. The summed E-state index contributed by atoms with van der Waals surface area (Å²) >= 11 is 9.65. The van der Waals surface area contributed by atoms with Crippen molar-refractivity contribution in [2.45, 2.75) is 25.5 Å². The Morgan fingerprint density at radius 3 is 2.81 bits per heavy atom. The highest BCUT2D eigenvalue weighted by Crippen LogP contribution is 2.35. The molecule has 0 saturated carbocycles. The average Bonchev–Trinajstić information content (AvgIpc) is 2.81. The van der Waals surface area contributed by atoms with Gasteiger partial charge in [-0.3, -0.25) is 0 Å². The molecule has 2 aromatic carbocycles. The molecule has 1 N–H and O–H groups in total. The standard InChI is InChI=1S/C17H17BrClNO/c1-10-7-12-8-11(3-6-16(12)21-10)17(20-2)14-5-4-13(19)9-15(14)18/h3-6,8-10,17,20H,7H2,1-2H3. The Morgan fingerprint density at radius 1 is 1.29 bits per heavy atom. The van der Waals surface area contributed by atoms with Crippen molar-refractivity contribution in [3.8, 4) is 5.75 Å². The maximum atomic E-state index is 6.04. The number of halogens is 2. The molecule has 2 nitrogen and oxygen atoms in total. The van der Waals surface area contributed by atoms with E-state index in [1.807, 2.05) is 19.2 Å². The second-order valence-electron chi connectivity index (χ2n) is 5.39. The van der Waals surface area contributed by atoms with Crippen LogP contribution in [0, 0.1) is 0 Å². The van der Waals surface area contributed by atoms with E-state index < -0.39 is 0 Å². The highest BCUT2D eigenvalue weighted by Gasteiger charge is 2.22. The van der Waals surface area contributed by atoms with Gasteiger partial charge in [-0.1, -0.05) is 45.7 Å². The van der Waals surface area contributed by atoms with Crippen LogP contribution in [0.1, 0.15) is 29.7 Å². The zero-order chi connectivity index (χ0) is 15.0.